The van der Waals surface area contributed by atoms with Crippen molar-refractivity contribution in [2.24, 2.45) is 0 Å². The highest BCUT2D eigenvalue weighted by Crippen LogP contribution is 2.25. The predicted octanol–water partition coefficient (Wildman–Crippen LogP) is 2.26. The fraction of sp³-hybridized carbons (Fsp3) is 0.917. The van der Waals surface area contributed by atoms with E-state index in [9.17, 15) is 4.79 Å². The highest BCUT2D eigenvalue weighted by molar-refractivity contribution is 5.69. The van der Waals surface area contributed by atoms with E-state index in [4.69, 9.17) is 14.2 Å². The number of esters is 1. The standard InChI is InChI=1S/C12H22O4/c1-4-14-11(13)8-6-5-7-10-9-15-12(2,3)16-10/h10H,4-9H2,1-3H3/t10-/m0/s1. The Labute approximate surface area is 97.2 Å². The van der Waals surface area contributed by atoms with Crippen LogP contribution >= 0.6 is 0 Å². The molecule has 1 aliphatic rings. The lowest BCUT2D eigenvalue weighted by molar-refractivity contribution is -0.144. The van der Waals surface area contributed by atoms with Gasteiger partial charge in [-0.05, 0) is 33.6 Å². The summed E-state index contributed by atoms with van der Waals surface area (Å²) in [7, 11) is 0. The van der Waals surface area contributed by atoms with E-state index in [1.54, 1.807) is 0 Å². The zero-order valence-corrected chi connectivity index (χ0v) is 10.5. The van der Waals surface area contributed by atoms with E-state index in [0.29, 0.717) is 19.6 Å². The van der Waals surface area contributed by atoms with E-state index in [1.807, 2.05) is 20.8 Å². The molecule has 0 N–H and O–H groups in total. The van der Waals surface area contributed by atoms with Gasteiger partial charge in [0.05, 0.1) is 19.3 Å². The summed E-state index contributed by atoms with van der Waals surface area (Å²) in [6, 6.07) is 0. The molecule has 0 aromatic rings. The molecule has 0 aromatic heterocycles. The molecule has 0 radical (unpaired) electrons. The van der Waals surface area contributed by atoms with Crippen molar-refractivity contribution in [3.63, 3.8) is 0 Å². The molecule has 4 heteroatoms. The van der Waals surface area contributed by atoms with E-state index in [-0.39, 0.29) is 12.1 Å². The van der Waals surface area contributed by atoms with E-state index >= 15 is 0 Å². The number of carbonyl (C=O) groups excluding carboxylic acids is 1. The van der Waals surface area contributed by atoms with Crippen molar-refractivity contribution in [3.05, 3.63) is 0 Å². The van der Waals surface area contributed by atoms with Crippen molar-refractivity contribution in [1.82, 2.24) is 0 Å². The first-order valence-corrected chi connectivity index (χ1v) is 6.01. The average molecular weight is 230 g/mol. The lowest BCUT2D eigenvalue weighted by Crippen LogP contribution is -2.21. The summed E-state index contributed by atoms with van der Waals surface area (Å²) < 4.78 is 16.0. The molecular formula is C12H22O4. The number of rotatable bonds is 6. The first kappa shape index (κ1) is 13.5. The molecule has 1 atom stereocenters. The molecule has 4 nitrogen and oxygen atoms in total. The Morgan fingerprint density at radius 2 is 2.19 bits per heavy atom. The number of carbonyl (C=O) groups is 1. The van der Waals surface area contributed by atoms with E-state index in [1.165, 1.54) is 0 Å². The summed E-state index contributed by atoms with van der Waals surface area (Å²) in [4.78, 5) is 11.1. The third-order valence-corrected chi connectivity index (χ3v) is 2.53. The summed E-state index contributed by atoms with van der Waals surface area (Å²) in [5.74, 6) is -0.544. The SMILES string of the molecule is CCOC(=O)CCCC[C@H]1COC(C)(C)O1. The Bertz CT molecular complexity index is 225. The van der Waals surface area contributed by atoms with Crippen LogP contribution in [-0.4, -0.2) is 31.1 Å². The quantitative estimate of drug-likeness (QED) is 0.518. The fourth-order valence-electron chi connectivity index (χ4n) is 1.78. The summed E-state index contributed by atoms with van der Waals surface area (Å²) in [5.41, 5.74) is 0. The van der Waals surface area contributed by atoms with Crippen molar-refractivity contribution in [2.75, 3.05) is 13.2 Å². The third-order valence-electron chi connectivity index (χ3n) is 2.53. The van der Waals surface area contributed by atoms with Crippen molar-refractivity contribution >= 4 is 5.97 Å². The molecule has 0 aliphatic carbocycles. The molecule has 94 valence electrons. The van der Waals surface area contributed by atoms with Crippen LogP contribution in [0.3, 0.4) is 0 Å². The van der Waals surface area contributed by atoms with Crippen molar-refractivity contribution < 1.29 is 19.0 Å². The van der Waals surface area contributed by atoms with E-state index in [2.05, 4.69) is 0 Å². The van der Waals surface area contributed by atoms with Gasteiger partial charge in [0.25, 0.3) is 0 Å². The minimum Gasteiger partial charge on any atom is -0.466 e. The van der Waals surface area contributed by atoms with Crippen LogP contribution in [0.5, 0.6) is 0 Å². The van der Waals surface area contributed by atoms with Crippen LogP contribution in [0, 0.1) is 0 Å². The molecule has 0 saturated carbocycles. The van der Waals surface area contributed by atoms with Gasteiger partial charge < -0.3 is 14.2 Å². The molecule has 16 heavy (non-hydrogen) atoms. The Hall–Kier alpha value is -0.610. The minimum atomic E-state index is -0.439. The summed E-state index contributed by atoms with van der Waals surface area (Å²) >= 11 is 0. The second kappa shape index (κ2) is 6.21. The minimum absolute atomic E-state index is 0.105. The van der Waals surface area contributed by atoms with Crippen LogP contribution in [0.1, 0.15) is 46.5 Å². The molecule has 1 heterocycles. The van der Waals surface area contributed by atoms with Gasteiger partial charge >= 0.3 is 5.97 Å². The molecule has 1 aliphatic heterocycles. The van der Waals surface area contributed by atoms with Crippen LogP contribution in [0.4, 0.5) is 0 Å². The molecule has 1 fully saturated rings. The molecular weight excluding hydrogens is 208 g/mol. The van der Waals surface area contributed by atoms with Crippen LogP contribution in [0.15, 0.2) is 0 Å². The van der Waals surface area contributed by atoms with Gasteiger partial charge in [-0.1, -0.05) is 6.42 Å². The number of ether oxygens (including phenoxy) is 3. The van der Waals surface area contributed by atoms with Gasteiger partial charge in [0, 0.05) is 6.42 Å². The maximum Gasteiger partial charge on any atom is 0.305 e. The lowest BCUT2D eigenvalue weighted by atomic mass is 10.1. The van der Waals surface area contributed by atoms with Crippen LogP contribution in [0.2, 0.25) is 0 Å². The maximum absolute atomic E-state index is 11.1. The Balaban J connectivity index is 2.02. The molecule has 0 spiro atoms. The largest absolute Gasteiger partial charge is 0.466 e. The highest BCUT2D eigenvalue weighted by Gasteiger charge is 2.31. The first-order chi connectivity index (χ1) is 7.53. The Kier molecular flexibility index (Phi) is 5.22. The normalized spacial score (nSPS) is 23.3. The fourth-order valence-corrected chi connectivity index (χ4v) is 1.78. The second-order valence-electron chi connectivity index (χ2n) is 4.50. The van der Waals surface area contributed by atoms with Crippen molar-refractivity contribution in [3.8, 4) is 0 Å². The van der Waals surface area contributed by atoms with Crippen molar-refractivity contribution in [1.29, 1.82) is 0 Å². The Morgan fingerprint density at radius 1 is 1.44 bits per heavy atom. The molecule has 0 aromatic carbocycles. The van der Waals surface area contributed by atoms with Crippen LogP contribution in [0.25, 0.3) is 0 Å². The number of unbranched alkanes of at least 4 members (excludes halogenated alkanes) is 1. The van der Waals surface area contributed by atoms with Gasteiger partial charge in [0.1, 0.15) is 0 Å². The predicted molar refractivity (Wildman–Crippen MR) is 60.0 cm³/mol. The highest BCUT2D eigenvalue weighted by atomic mass is 16.7. The molecule has 0 unspecified atom stereocenters. The van der Waals surface area contributed by atoms with Crippen LogP contribution in [-0.2, 0) is 19.0 Å². The van der Waals surface area contributed by atoms with Crippen molar-refractivity contribution in [2.45, 2.75) is 58.3 Å². The van der Waals surface area contributed by atoms with E-state index in [0.717, 1.165) is 19.3 Å². The van der Waals surface area contributed by atoms with Crippen LogP contribution < -0.4 is 0 Å². The topological polar surface area (TPSA) is 44.8 Å². The zero-order valence-electron chi connectivity index (χ0n) is 10.5. The summed E-state index contributed by atoms with van der Waals surface area (Å²) in [6.07, 6.45) is 3.47. The molecule has 0 amide bonds. The van der Waals surface area contributed by atoms with Gasteiger partial charge in [0.2, 0.25) is 0 Å². The number of hydrogen-bond acceptors (Lipinski definition) is 4. The van der Waals surface area contributed by atoms with Gasteiger partial charge in [0.15, 0.2) is 5.79 Å². The monoisotopic (exact) mass is 230 g/mol. The lowest BCUT2D eigenvalue weighted by Gasteiger charge is -2.16. The first-order valence-electron chi connectivity index (χ1n) is 6.01. The van der Waals surface area contributed by atoms with E-state index < -0.39 is 5.79 Å². The molecule has 0 bridgehead atoms. The zero-order chi connectivity index (χ0) is 12.0. The molecule has 1 saturated heterocycles. The van der Waals surface area contributed by atoms with Gasteiger partial charge in [-0.15, -0.1) is 0 Å². The summed E-state index contributed by atoms with van der Waals surface area (Å²) in [6.45, 7) is 6.79. The van der Waals surface area contributed by atoms with Gasteiger partial charge in [-0.25, -0.2) is 0 Å². The smallest absolute Gasteiger partial charge is 0.305 e. The average Bonchev–Trinajstić information content (AvgIpc) is 2.54. The molecule has 1 rings (SSSR count). The summed E-state index contributed by atoms with van der Waals surface area (Å²) in [5, 5.41) is 0. The second-order valence-corrected chi connectivity index (χ2v) is 4.50. The van der Waals surface area contributed by atoms with Gasteiger partial charge in [-0.2, -0.15) is 0 Å². The Morgan fingerprint density at radius 3 is 2.75 bits per heavy atom. The number of hydrogen-bond donors (Lipinski definition) is 0. The third kappa shape index (κ3) is 4.94. The maximum atomic E-state index is 11.1. The van der Waals surface area contributed by atoms with Gasteiger partial charge in [-0.3, -0.25) is 4.79 Å².